The second kappa shape index (κ2) is 6.46. The minimum atomic E-state index is -3.40. The number of aliphatic carboxylic acids is 1. The number of nitrogens with zero attached hydrogens (tertiary/aromatic N) is 2. The van der Waals surface area contributed by atoms with Gasteiger partial charge in [0.05, 0.1) is 12.2 Å². The largest absolute Gasteiger partial charge is 0.481 e. The van der Waals surface area contributed by atoms with E-state index in [1.165, 1.54) is 7.05 Å². The fraction of sp³-hybridized carbons (Fsp3) is 0.455. The number of pyridine rings is 1. The van der Waals surface area contributed by atoms with E-state index in [4.69, 9.17) is 5.11 Å². The average molecular weight is 272 g/mol. The summed E-state index contributed by atoms with van der Waals surface area (Å²) in [5, 5.41) is 8.51. The Morgan fingerprint density at radius 2 is 2.00 bits per heavy atom. The van der Waals surface area contributed by atoms with Crippen molar-refractivity contribution in [3.8, 4) is 0 Å². The molecule has 1 aromatic rings. The lowest BCUT2D eigenvalue weighted by molar-refractivity contribution is -0.137. The van der Waals surface area contributed by atoms with Gasteiger partial charge in [-0.2, -0.15) is 0 Å². The zero-order valence-corrected chi connectivity index (χ0v) is 10.9. The van der Waals surface area contributed by atoms with Gasteiger partial charge in [0.1, 0.15) is 0 Å². The Morgan fingerprint density at radius 3 is 2.56 bits per heavy atom. The van der Waals surface area contributed by atoms with Crippen LogP contribution in [0.2, 0.25) is 0 Å². The Bertz CT molecular complexity index is 487. The Kier molecular flexibility index (Phi) is 5.24. The first-order chi connectivity index (χ1) is 8.42. The maximum atomic E-state index is 11.8. The van der Waals surface area contributed by atoms with Gasteiger partial charge in [-0.25, -0.2) is 12.7 Å². The van der Waals surface area contributed by atoms with Gasteiger partial charge >= 0.3 is 5.97 Å². The number of rotatable bonds is 7. The number of aryl methyl sites for hydroxylation is 1. The quantitative estimate of drug-likeness (QED) is 0.774. The highest BCUT2D eigenvalue weighted by molar-refractivity contribution is 7.89. The molecule has 1 aromatic heterocycles. The Morgan fingerprint density at radius 1 is 1.39 bits per heavy atom. The summed E-state index contributed by atoms with van der Waals surface area (Å²) < 4.78 is 24.8. The van der Waals surface area contributed by atoms with Gasteiger partial charge in [0.2, 0.25) is 10.0 Å². The second-order valence-corrected chi connectivity index (χ2v) is 6.08. The molecule has 0 aliphatic carbocycles. The third-order valence-corrected chi connectivity index (χ3v) is 4.37. The molecule has 0 unspecified atom stereocenters. The molecule has 0 aliphatic rings. The van der Waals surface area contributed by atoms with Crippen molar-refractivity contribution in [1.29, 1.82) is 0 Å². The topological polar surface area (TPSA) is 87.6 Å². The minimum absolute atomic E-state index is 0.00594. The summed E-state index contributed by atoms with van der Waals surface area (Å²) >= 11 is 0. The second-order valence-electron chi connectivity index (χ2n) is 3.89. The van der Waals surface area contributed by atoms with E-state index in [0.29, 0.717) is 6.42 Å². The van der Waals surface area contributed by atoms with Crippen molar-refractivity contribution in [3.63, 3.8) is 0 Å². The molecule has 0 radical (unpaired) electrons. The van der Waals surface area contributed by atoms with Crippen molar-refractivity contribution >= 4 is 16.0 Å². The highest BCUT2D eigenvalue weighted by Gasteiger charge is 2.18. The molecule has 1 N–H and O–H groups in total. The average Bonchev–Trinajstić information content (AvgIpc) is 2.34. The summed E-state index contributed by atoms with van der Waals surface area (Å²) in [5.41, 5.74) is 0.889. The molecule has 0 atom stereocenters. The van der Waals surface area contributed by atoms with Crippen LogP contribution in [-0.2, 0) is 21.2 Å². The predicted octanol–water partition coefficient (Wildman–Crippen LogP) is 0.360. The van der Waals surface area contributed by atoms with E-state index in [-0.39, 0.29) is 18.7 Å². The van der Waals surface area contributed by atoms with E-state index < -0.39 is 16.0 Å². The summed E-state index contributed by atoms with van der Waals surface area (Å²) in [6, 6.07) is 3.51. The molecule has 0 saturated carbocycles. The highest BCUT2D eigenvalue weighted by atomic mass is 32.2. The zero-order chi connectivity index (χ0) is 13.6. The lowest BCUT2D eigenvalue weighted by Crippen LogP contribution is -2.31. The summed E-state index contributed by atoms with van der Waals surface area (Å²) in [6.07, 6.45) is 3.42. The Balaban J connectivity index is 2.51. The van der Waals surface area contributed by atoms with E-state index in [1.54, 1.807) is 24.5 Å². The number of carbonyl (C=O) groups is 1. The van der Waals surface area contributed by atoms with Crippen LogP contribution in [0.4, 0.5) is 0 Å². The molecule has 1 rings (SSSR count). The van der Waals surface area contributed by atoms with Crippen LogP contribution in [0, 0.1) is 0 Å². The summed E-state index contributed by atoms with van der Waals surface area (Å²) in [6.45, 7) is -0.00594. The Hall–Kier alpha value is -1.47. The van der Waals surface area contributed by atoms with Crippen molar-refractivity contribution in [2.75, 3.05) is 19.3 Å². The molecule has 0 fully saturated rings. The van der Waals surface area contributed by atoms with E-state index in [9.17, 15) is 13.2 Å². The van der Waals surface area contributed by atoms with Crippen LogP contribution in [0.5, 0.6) is 0 Å². The van der Waals surface area contributed by atoms with Crippen LogP contribution in [0.15, 0.2) is 24.5 Å². The zero-order valence-electron chi connectivity index (χ0n) is 10.1. The number of carboxylic acids is 1. The normalized spacial score (nSPS) is 11.7. The van der Waals surface area contributed by atoms with Crippen LogP contribution >= 0.6 is 0 Å². The first-order valence-corrected chi connectivity index (χ1v) is 7.07. The number of hydrogen-bond donors (Lipinski definition) is 1. The molecule has 0 bridgehead atoms. The molecule has 0 spiro atoms. The SMILES string of the molecule is CN(CCC(=O)O)S(=O)(=O)CCc1ccncc1. The van der Waals surface area contributed by atoms with E-state index in [0.717, 1.165) is 9.87 Å². The molecule has 6 nitrogen and oxygen atoms in total. The van der Waals surface area contributed by atoms with Crippen molar-refractivity contribution < 1.29 is 18.3 Å². The van der Waals surface area contributed by atoms with Crippen molar-refractivity contribution in [2.24, 2.45) is 0 Å². The molecule has 0 aliphatic heterocycles. The highest BCUT2D eigenvalue weighted by Crippen LogP contribution is 2.05. The lowest BCUT2D eigenvalue weighted by atomic mass is 10.2. The maximum absolute atomic E-state index is 11.8. The fourth-order valence-corrected chi connectivity index (χ4v) is 2.52. The first kappa shape index (κ1) is 14.6. The molecular weight excluding hydrogens is 256 g/mol. The van der Waals surface area contributed by atoms with Gasteiger partial charge in [-0.05, 0) is 24.1 Å². The van der Waals surface area contributed by atoms with E-state index in [1.807, 2.05) is 0 Å². The monoisotopic (exact) mass is 272 g/mol. The smallest absolute Gasteiger partial charge is 0.304 e. The molecule has 0 aromatic carbocycles. The van der Waals surface area contributed by atoms with Crippen molar-refractivity contribution in [2.45, 2.75) is 12.8 Å². The summed E-state index contributed by atoms with van der Waals surface area (Å²) in [5.74, 6) is -1.04. The molecule has 0 saturated heterocycles. The Labute approximate surface area is 106 Å². The van der Waals surface area contributed by atoms with Gasteiger partial charge < -0.3 is 5.11 Å². The maximum Gasteiger partial charge on any atom is 0.304 e. The van der Waals surface area contributed by atoms with Crippen molar-refractivity contribution in [1.82, 2.24) is 9.29 Å². The van der Waals surface area contributed by atoms with Gasteiger partial charge in [0.25, 0.3) is 0 Å². The van der Waals surface area contributed by atoms with Crippen LogP contribution in [0.3, 0.4) is 0 Å². The van der Waals surface area contributed by atoms with E-state index in [2.05, 4.69) is 4.98 Å². The van der Waals surface area contributed by atoms with Gasteiger partial charge in [-0.15, -0.1) is 0 Å². The van der Waals surface area contributed by atoms with Crippen LogP contribution in [0.1, 0.15) is 12.0 Å². The van der Waals surface area contributed by atoms with Gasteiger partial charge in [-0.1, -0.05) is 0 Å². The first-order valence-electron chi connectivity index (χ1n) is 5.46. The number of carboxylic acid groups (broad SMARTS) is 1. The lowest BCUT2D eigenvalue weighted by Gasteiger charge is -2.15. The van der Waals surface area contributed by atoms with Crippen LogP contribution in [-0.4, -0.2) is 48.1 Å². The number of sulfonamides is 1. The number of aromatic nitrogens is 1. The standard InChI is InChI=1S/C11H16N2O4S/c1-13(8-4-11(14)15)18(16,17)9-5-10-2-6-12-7-3-10/h2-3,6-7H,4-5,8-9H2,1H3,(H,14,15). The molecule has 0 amide bonds. The van der Waals surface area contributed by atoms with Crippen LogP contribution in [0.25, 0.3) is 0 Å². The molecular formula is C11H16N2O4S. The third-order valence-electron chi connectivity index (χ3n) is 2.51. The third kappa shape index (κ3) is 4.80. The molecule has 7 heteroatoms. The van der Waals surface area contributed by atoms with Gasteiger partial charge in [-0.3, -0.25) is 9.78 Å². The van der Waals surface area contributed by atoms with Crippen molar-refractivity contribution in [3.05, 3.63) is 30.1 Å². The predicted molar refractivity (Wildman–Crippen MR) is 66.6 cm³/mol. The fourth-order valence-electron chi connectivity index (χ4n) is 1.34. The summed E-state index contributed by atoms with van der Waals surface area (Å²) in [4.78, 5) is 14.2. The van der Waals surface area contributed by atoms with Crippen LogP contribution < -0.4 is 0 Å². The number of hydrogen-bond acceptors (Lipinski definition) is 4. The molecule has 18 heavy (non-hydrogen) atoms. The van der Waals surface area contributed by atoms with Gasteiger partial charge in [0, 0.05) is 26.0 Å². The summed E-state index contributed by atoms with van der Waals surface area (Å²) in [7, 11) is -2.01. The molecule has 1 heterocycles. The van der Waals surface area contributed by atoms with E-state index >= 15 is 0 Å². The minimum Gasteiger partial charge on any atom is -0.481 e. The molecule has 100 valence electrons. The van der Waals surface area contributed by atoms with Gasteiger partial charge in [0.15, 0.2) is 0 Å².